The summed E-state index contributed by atoms with van der Waals surface area (Å²) in [7, 11) is 0. The van der Waals surface area contributed by atoms with Gasteiger partial charge in [-0.15, -0.1) is 0 Å². The summed E-state index contributed by atoms with van der Waals surface area (Å²) in [6.45, 7) is 4.65. The van der Waals surface area contributed by atoms with E-state index in [1.54, 1.807) is 0 Å². The highest BCUT2D eigenvalue weighted by Crippen LogP contribution is 2.33. The Morgan fingerprint density at radius 3 is 2.39 bits per heavy atom. The zero-order chi connectivity index (χ0) is 17.3. The molecular formula is C17H23F3N2O. The fourth-order valence-corrected chi connectivity index (χ4v) is 2.60. The second-order valence-electron chi connectivity index (χ2n) is 6.66. The fraction of sp³-hybridized carbons (Fsp3) is 0.588. The quantitative estimate of drug-likeness (QED) is 0.869. The molecule has 23 heavy (non-hydrogen) atoms. The lowest BCUT2D eigenvalue weighted by Crippen LogP contribution is -2.37. The van der Waals surface area contributed by atoms with E-state index in [1.165, 1.54) is 19.9 Å². The second kappa shape index (κ2) is 6.51. The highest BCUT2D eigenvalue weighted by molar-refractivity contribution is 5.94. The monoisotopic (exact) mass is 328 g/mol. The number of hydrogen-bond acceptors (Lipinski definition) is 2. The molecule has 1 atom stereocenters. The number of alkyl halides is 3. The number of carbonyl (C=O) groups is 1. The maximum atomic E-state index is 14.2. The van der Waals surface area contributed by atoms with Crippen LogP contribution < -0.4 is 10.6 Å². The van der Waals surface area contributed by atoms with Crippen molar-refractivity contribution in [3.8, 4) is 0 Å². The molecule has 0 radical (unpaired) electrons. The van der Waals surface area contributed by atoms with Gasteiger partial charge in [-0.3, -0.25) is 4.79 Å². The molecule has 0 aromatic heterocycles. The maximum Gasteiger partial charge on any atom is 0.270 e. The van der Waals surface area contributed by atoms with E-state index in [0.717, 1.165) is 38.4 Å². The van der Waals surface area contributed by atoms with Gasteiger partial charge in [0.15, 0.2) is 0 Å². The lowest BCUT2D eigenvalue weighted by molar-refractivity contribution is 0.0171. The molecule has 128 valence electrons. The summed E-state index contributed by atoms with van der Waals surface area (Å²) in [5, 5.41) is 5.97. The Balaban J connectivity index is 2.23. The van der Waals surface area contributed by atoms with Crippen molar-refractivity contribution in [3.63, 3.8) is 0 Å². The van der Waals surface area contributed by atoms with Crippen LogP contribution in [0.1, 0.15) is 55.1 Å². The number of hydrogen-bond donors (Lipinski definition) is 2. The predicted molar refractivity (Wildman–Crippen MR) is 83.5 cm³/mol. The van der Waals surface area contributed by atoms with Crippen molar-refractivity contribution in [1.29, 1.82) is 0 Å². The van der Waals surface area contributed by atoms with Crippen LogP contribution in [-0.4, -0.2) is 25.0 Å². The molecule has 1 amide bonds. The van der Waals surface area contributed by atoms with Crippen molar-refractivity contribution < 1.29 is 18.0 Å². The van der Waals surface area contributed by atoms with Gasteiger partial charge in [0.05, 0.1) is 0 Å². The van der Waals surface area contributed by atoms with Gasteiger partial charge in [-0.2, -0.15) is 0 Å². The van der Waals surface area contributed by atoms with Crippen LogP contribution in [-0.2, 0) is 11.6 Å². The summed E-state index contributed by atoms with van der Waals surface area (Å²) in [5.41, 5.74) is -2.03. The van der Waals surface area contributed by atoms with Gasteiger partial charge in [-0.05, 0) is 57.0 Å². The topological polar surface area (TPSA) is 41.1 Å². The lowest BCUT2D eigenvalue weighted by atomic mass is 9.93. The molecule has 0 spiro atoms. The van der Waals surface area contributed by atoms with Crippen LogP contribution >= 0.6 is 0 Å². The predicted octanol–water partition coefficient (Wildman–Crippen LogP) is 3.48. The van der Waals surface area contributed by atoms with Crippen LogP contribution in [0.25, 0.3) is 0 Å². The molecular weight excluding hydrogens is 305 g/mol. The van der Waals surface area contributed by atoms with Gasteiger partial charge in [0, 0.05) is 30.6 Å². The Morgan fingerprint density at radius 1 is 1.22 bits per heavy atom. The summed E-state index contributed by atoms with van der Waals surface area (Å²) in [6.07, 6.45) is 2.02. The van der Waals surface area contributed by atoms with Crippen molar-refractivity contribution in [2.75, 3.05) is 13.1 Å². The van der Waals surface area contributed by atoms with E-state index in [0.29, 0.717) is 6.54 Å². The standard InChI is InChI=1S/C17H23F3N2O/c1-16(2,18)12-7-11(8-13(9-12)17(3,19)20)15(23)22-10-14-5-4-6-21-14/h7-9,14,21H,4-6,10H2,1-3H3,(H,22,23). The summed E-state index contributed by atoms with van der Waals surface area (Å²) in [4.78, 5) is 12.3. The first-order valence-electron chi connectivity index (χ1n) is 7.82. The van der Waals surface area contributed by atoms with Crippen LogP contribution in [0.3, 0.4) is 0 Å². The molecule has 1 fully saturated rings. The Labute approximate surface area is 134 Å². The molecule has 1 heterocycles. The fourth-order valence-electron chi connectivity index (χ4n) is 2.60. The second-order valence-corrected chi connectivity index (χ2v) is 6.66. The van der Waals surface area contributed by atoms with Crippen molar-refractivity contribution in [1.82, 2.24) is 10.6 Å². The molecule has 1 aromatic rings. The van der Waals surface area contributed by atoms with E-state index in [9.17, 15) is 18.0 Å². The Hall–Kier alpha value is -1.56. The molecule has 1 unspecified atom stereocenters. The zero-order valence-electron chi connectivity index (χ0n) is 13.7. The first-order valence-corrected chi connectivity index (χ1v) is 7.82. The number of nitrogens with one attached hydrogen (secondary N) is 2. The lowest BCUT2D eigenvalue weighted by Gasteiger charge is -2.20. The normalized spacial score (nSPS) is 19.0. The number of amides is 1. The van der Waals surface area contributed by atoms with Gasteiger partial charge in [-0.1, -0.05) is 0 Å². The Morgan fingerprint density at radius 2 is 1.87 bits per heavy atom. The summed E-state index contributed by atoms with van der Waals surface area (Å²) >= 11 is 0. The number of halogens is 3. The van der Waals surface area contributed by atoms with Crippen LogP contribution in [0.5, 0.6) is 0 Å². The summed E-state index contributed by atoms with van der Waals surface area (Å²) in [5.74, 6) is -3.60. The zero-order valence-corrected chi connectivity index (χ0v) is 13.7. The van der Waals surface area contributed by atoms with E-state index in [-0.39, 0.29) is 22.7 Å². The summed E-state index contributed by atoms with van der Waals surface area (Å²) in [6, 6.07) is 3.79. The van der Waals surface area contributed by atoms with Gasteiger partial charge in [-0.25, -0.2) is 13.2 Å². The van der Waals surface area contributed by atoms with Crippen molar-refractivity contribution in [3.05, 3.63) is 34.9 Å². The third kappa shape index (κ3) is 4.70. The molecule has 1 aliphatic heterocycles. The minimum absolute atomic E-state index is 0.0581. The largest absolute Gasteiger partial charge is 0.350 e. The minimum Gasteiger partial charge on any atom is -0.350 e. The van der Waals surface area contributed by atoms with Crippen molar-refractivity contribution in [2.45, 2.75) is 51.2 Å². The number of rotatable bonds is 5. The molecule has 0 bridgehead atoms. The van der Waals surface area contributed by atoms with Crippen LogP contribution in [0, 0.1) is 0 Å². The third-order valence-corrected chi connectivity index (χ3v) is 4.06. The smallest absolute Gasteiger partial charge is 0.270 e. The van der Waals surface area contributed by atoms with E-state index in [2.05, 4.69) is 10.6 Å². The first kappa shape index (κ1) is 17.8. The minimum atomic E-state index is -3.14. The Bertz CT molecular complexity index is 538. The van der Waals surface area contributed by atoms with E-state index in [1.807, 2.05) is 0 Å². The highest BCUT2D eigenvalue weighted by atomic mass is 19.3. The van der Waals surface area contributed by atoms with Gasteiger partial charge in [0.25, 0.3) is 11.8 Å². The molecule has 1 aliphatic rings. The van der Waals surface area contributed by atoms with E-state index >= 15 is 0 Å². The van der Waals surface area contributed by atoms with Gasteiger partial charge >= 0.3 is 0 Å². The van der Waals surface area contributed by atoms with Gasteiger partial charge in [0.1, 0.15) is 5.67 Å². The van der Waals surface area contributed by atoms with Gasteiger partial charge in [0.2, 0.25) is 0 Å². The van der Waals surface area contributed by atoms with E-state index < -0.39 is 17.5 Å². The number of benzene rings is 1. The molecule has 0 saturated carbocycles. The maximum absolute atomic E-state index is 14.2. The van der Waals surface area contributed by atoms with Crippen molar-refractivity contribution in [2.24, 2.45) is 0 Å². The molecule has 1 aromatic carbocycles. The summed E-state index contributed by atoms with van der Waals surface area (Å²) < 4.78 is 41.4. The molecule has 2 rings (SSSR count). The van der Waals surface area contributed by atoms with Crippen molar-refractivity contribution >= 4 is 5.91 Å². The molecule has 1 saturated heterocycles. The van der Waals surface area contributed by atoms with E-state index in [4.69, 9.17) is 0 Å². The van der Waals surface area contributed by atoms with Crippen LogP contribution in [0.2, 0.25) is 0 Å². The molecule has 3 nitrogen and oxygen atoms in total. The average molecular weight is 328 g/mol. The van der Waals surface area contributed by atoms with Gasteiger partial charge < -0.3 is 10.6 Å². The van der Waals surface area contributed by atoms with Crippen LogP contribution in [0.15, 0.2) is 18.2 Å². The van der Waals surface area contributed by atoms with Crippen LogP contribution in [0.4, 0.5) is 13.2 Å². The highest BCUT2D eigenvalue weighted by Gasteiger charge is 2.29. The SMILES string of the molecule is CC(C)(F)c1cc(C(=O)NCC2CCCN2)cc(C(C)(F)F)c1. The molecule has 2 N–H and O–H groups in total. The average Bonchev–Trinajstić information content (AvgIpc) is 2.95. The molecule has 6 heteroatoms. The Kier molecular flexibility index (Phi) is 5.04. The first-order chi connectivity index (χ1) is 10.6. The molecule has 0 aliphatic carbocycles. The number of carbonyl (C=O) groups excluding carboxylic acids is 1. The third-order valence-electron chi connectivity index (χ3n) is 4.06.